The number of carbonyl (C=O) groups is 1. The van der Waals surface area contributed by atoms with Crippen LogP contribution in [-0.2, 0) is 10.7 Å². The van der Waals surface area contributed by atoms with Crippen LogP contribution in [0.4, 0.5) is 5.69 Å². The summed E-state index contributed by atoms with van der Waals surface area (Å²) in [6.07, 6.45) is 4.77. The summed E-state index contributed by atoms with van der Waals surface area (Å²) < 4.78 is 18.2. The van der Waals surface area contributed by atoms with Crippen molar-refractivity contribution in [2.45, 2.75) is 39.3 Å². The molecule has 1 unspecified atom stereocenters. The van der Waals surface area contributed by atoms with Crippen molar-refractivity contribution in [2.75, 3.05) is 11.5 Å². The molecule has 4 nitrogen and oxygen atoms in total. The van der Waals surface area contributed by atoms with Gasteiger partial charge in [-0.15, -0.1) is 0 Å². The fourth-order valence-corrected chi connectivity index (χ4v) is 5.35. The summed E-state index contributed by atoms with van der Waals surface area (Å²) in [5.74, 6) is 0.614. The molecule has 1 N–H and O–H groups in total. The molecule has 1 aromatic heterocycles. The fraction of sp³-hybridized carbons (Fsp3) is 0.250. The van der Waals surface area contributed by atoms with Gasteiger partial charge in [-0.1, -0.05) is 61.7 Å². The first-order valence-corrected chi connectivity index (χ1v) is 13.4. The van der Waals surface area contributed by atoms with Gasteiger partial charge in [-0.25, -0.2) is 0 Å². The first-order chi connectivity index (χ1) is 16.0. The van der Waals surface area contributed by atoms with E-state index in [-0.39, 0.29) is 5.91 Å². The van der Waals surface area contributed by atoms with E-state index in [0.717, 1.165) is 59.0 Å². The highest BCUT2D eigenvalue weighted by Crippen LogP contribution is 2.30. The number of aryl methyl sites for hydroxylation is 1. The lowest BCUT2D eigenvalue weighted by Crippen LogP contribution is -2.11. The maximum absolute atomic E-state index is 12.8. The summed E-state index contributed by atoms with van der Waals surface area (Å²) >= 11 is 0. The van der Waals surface area contributed by atoms with Crippen LogP contribution in [0.2, 0.25) is 0 Å². The molecule has 1 amide bonds. The largest absolute Gasteiger partial charge is 0.456 e. The van der Waals surface area contributed by atoms with Crippen molar-refractivity contribution in [3.8, 4) is 11.3 Å². The maximum atomic E-state index is 12.8. The molecule has 0 fully saturated rings. The molecule has 0 aliphatic carbocycles. The normalized spacial score (nSPS) is 12.1. The van der Waals surface area contributed by atoms with Gasteiger partial charge in [-0.2, -0.15) is 0 Å². The SMILES string of the molecule is CCCCC[PH](=O)Cc1ccc(NC(=O)c2ccc3oc(-c4ccc(C)cc4)cc3c2)cc1. The Bertz CT molecular complexity index is 1260. The molecule has 0 spiro atoms. The second-order valence-electron chi connectivity index (χ2n) is 8.55. The Morgan fingerprint density at radius 2 is 1.70 bits per heavy atom. The lowest BCUT2D eigenvalue weighted by molar-refractivity contribution is 0.102. The number of carbonyl (C=O) groups excluding carboxylic acids is 1. The Balaban J connectivity index is 1.41. The Labute approximate surface area is 195 Å². The zero-order chi connectivity index (χ0) is 23.2. The number of fused-ring (bicyclic) bond motifs is 1. The van der Waals surface area contributed by atoms with E-state index in [4.69, 9.17) is 4.42 Å². The van der Waals surface area contributed by atoms with Crippen LogP contribution >= 0.6 is 7.80 Å². The first kappa shape index (κ1) is 23.1. The lowest BCUT2D eigenvalue weighted by atomic mass is 10.1. The standard InChI is InChI=1S/C28H30NO3P/c1-3-4-5-16-33(31)19-21-8-13-25(14-9-21)29-28(30)23-12-15-26-24(17-23)18-27(32-26)22-10-6-20(2)7-11-22/h6-15,17-18,33H,3-5,16,19H2,1-2H3,(H,29,30). The minimum absolute atomic E-state index is 0.170. The molecule has 33 heavy (non-hydrogen) atoms. The summed E-state index contributed by atoms with van der Waals surface area (Å²) in [6.45, 7) is 4.21. The maximum Gasteiger partial charge on any atom is 0.255 e. The van der Waals surface area contributed by atoms with E-state index >= 15 is 0 Å². The average molecular weight is 460 g/mol. The van der Waals surface area contributed by atoms with E-state index in [9.17, 15) is 9.36 Å². The Hall–Kier alpha value is -3.10. The molecule has 5 heteroatoms. The van der Waals surface area contributed by atoms with E-state index in [0.29, 0.717) is 11.7 Å². The van der Waals surface area contributed by atoms with Crippen molar-refractivity contribution in [3.63, 3.8) is 0 Å². The number of rotatable bonds is 9. The van der Waals surface area contributed by atoms with Crippen molar-refractivity contribution < 1.29 is 13.8 Å². The molecule has 0 aliphatic rings. The molecule has 0 bridgehead atoms. The van der Waals surface area contributed by atoms with Crippen LogP contribution in [0.5, 0.6) is 0 Å². The first-order valence-electron chi connectivity index (χ1n) is 11.5. The third-order valence-electron chi connectivity index (χ3n) is 5.79. The predicted molar refractivity (Wildman–Crippen MR) is 138 cm³/mol. The summed E-state index contributed by atoms with van der Waals surface area (Å²) in [7, 11) is -1.58. The van der Waals surface area contributed by atoms with Gasteiger partial charge in [0.25, 0.3) is 5.91 Å². The Kier molecular flexibility index (Phi) is 7.47. The van der Waals surface area contributed by atoms with Crippen LogP contribution in [-0.4, -0.2) is 12.1 Å². The monoisotopic (exact) mass is 459 g/mol. The summed E-state index contributed by atoms with van der Waals surface area (Å²) in [6, 6.07) is 23.3. The molecular formula is C28H30NO3P. The number of nitrogens with one attached hydrogen (secondary N) is 1. The van der Waals surface area contributed by atoms with Crippen molar-refractivity contribution in [1.82, 2.24) is 0 Å². The highest BCUT2D eigenvalue weighted by Gasteiger charge is 2.11. The lowest BCUT2D eigenvalue weighted by Gasteiger charge is -2.07. The summed E-state index contributed by atoms with van der Waals surface area (Å²) in [5, 5.41) is 3.84. The molecule has 0 aliphatic heterocycles. The van der Waals surface area contributed by atoms with Crippen molar-refractivity contribution in [1.29, 1.82) is 0 Å². The number of hydrogen-bond donors (Lipinski definition) is 1. The quantitative estimate of drug-likeness (QED) is 0.204. The van der Waals surface area contributed by atoms with Gasteiger partial charge < -0.3 is 14.3 Å². The van der Waals surface area contributed by atoms with Gasteiger partial charge in [-0.05, 0) is 61.5 Å². The topological polar surface area (TPSA) is 59.3 Å². The van der Waals surface area contributed by atoms with Crippen LogP contribution in [0.3, 0.4) is 0 Å². The highest BCUT2D eigenvalue weighted by atomic mass is 31.1. The minimum atomic E-state index is -1.58. The van der Waals surface area contributed by atoms with Gasteiger partial charge in [0.1, 0.15) is 11.3 Å². The van der Waals surface area contributed by atoms with E-state index in [1.807, 2.05) is 54.6 Å². The second kappa shape index (κ2) is 10.7. The highest BCUT2D eigenvalue weighted by molar-refractivity contribution is 7.43. The molecule has 3 aromatic carbocycles. The number of furan rings is 1. The number of anilines is 1. The van der Waals surface area contributed by atoms with Crippen LogP contribution in [0, 0.1) is 6.92 Å². The van der Waals surface area contributed by atoms with Gasteiger partial charge in [0.2, 0.25) is 0 Å². The van der Waals surface area contributed by atoms with E-state index in [1.54, 1.807) is 6.07 Å². The number of benzene rings is 3. The molecule has 4 aromatic rings. The fourth-order valence-electron chi connectivity index (χ4n) is 3.84. The molecule has 0 saturated heterocycles. The van der Waals surface area contributed by atoms with Crippen molar-refractivity contribution in [3.05, 3.63) is 89.5 Å². The molecule has 170 valence electrons. The van der Waals surface area contributed by atoms with Crippen LogP contribution in [0.25, 0.3) is 22.3 Å². The van der Waals surface area contributed by atoms with Gasteiger partial charge in [0.15, 0.2) is 0 Å². The molecule has 1 atom stereocenters. The smallest absolute Gasteiger partial charge is 0.255 e. The molecule has 0 saturated carbocycles. The molecule has 0 radical (unpaired) electrons. The van der Waals surface area contributed by atoms with E-state index < -0.39 is 7.80 Å². The van der Waals surface area contributed by atoms with Crippen LogP contribution in [0.1, 0.15) is 47.7 Å². The van der Waals surface area contributed by atoms with Crippen LogP contribution < -0.4 is 5.32 Å². The van der Waals surface area contributed by atoms with Crippen LogP contribution in [0.15, 0.2) is 77.2 Å². The molecule has 1 heterocycles. The minimum Gasteiger partial charge on any atom is -0.456 e. The third kappa shape index (κ3) is 6.03. The number of amides is 1. The number of unbranched alkanes of at least 4 members (excludes halogenated alkanes) is 2. The Morgan fingerprint density at radius 1 is 0.939 bits per heavy atom. The van der Waals surface area contributed by atoms with Crippen molar-refractivity contribution in [2.24, 2.45) is 0 Å². The average Bonchev–Trinajstić information content (AvgIpc) is 3.24. The zero-order valence-electron chi connectivity index (χ0n) is 19.2. The van der Waals surface area contributed by atoms with Gasteiger partial charge in [-0.3, -0.25) is 4.79 Å². The van der Waals surface area contributed by atoms with E-state index in [1.165, 1.54) is 5.56 Å². The number of hydrogen-bond acceptors (Lipinski definition) is 3. The molecule has 4 rings (SSSR count). The van der Waals surface area contributed by atoms with E-state index in [2.05, 4.69) is 31.3 Å². The van der Waals surface area contributed by atoms with Crippen molar-refractivity contribution >= 4 is 30.4 Å². The zero-order valence-corrected chi connectivity index (χ0v) is 20.2. The molecular weight excluding hydrogens is 429 g/mol. The van der Waals surface area contributed by atoms with Gasteiger partial charge >= 0.3 is 0 Å². The Morgan fingerprint density at radius 3 is 2.42 bits per heavy atom. The summed E-state index contributed by atoms with van der Waals surface area (Å²) in [5.41, 5.74) is 5.31. The predicted octanol–water partition coefficient (Wildman–Crippen LogP) is 7.91. The van der Waals surface area contributed by atoms with Gasteiger partial charge in [0.05, 0.1) is 7.80 Å². The van der Waals surface area contributed by atoms with Gasteiger partial charge in [0, 0.05) is 28.4 Å². The summed E-state index contributed by atoms with van der Waals surface area (Å²) in [4.78, 5) is 12.8. The third-order valence-corrected chi connectivity index (χ3v) is 7.50. The second-order valence-corrected chi connectivity index (χ2v) is 10.5.